The van der Waals surface area contributed by atoms with Crippen molar-refractivity contribution in [2.45, 2.75) is 70.2 Å². The van der Waals surface area contributed by atoms with Crippen molar-refractivity contribution < 1.29 is 37.5 Å². The molecule has 3 aromatic carbocycles. The van der Waals surface area contributed by atoms with Crippen LogP contribution in [-0.4, -0.2) is 89.1 Å². The summed E-state index contributed by atoms with van der Waals surface area (Å²) in [4.78, 5) is 25.8. The lowest BCUT2D eigenvalue weighted by Crippen LogP contribution is -2.39. The summed E-state index contributed by atoms with van der Waals surface area (Å²) in [6, 6.07) is 26.2. The number of anilines is 1. The zero-order chi connectivity index (χ0) is 40.5. The molecule has 1 aliphatic heterocycles. The molecule has 302 valence electrons. The van der Waals surface area contributed by atoms with Crippen molar-refractivity contribution in [2.24, 2.45) is 0 Å². The van der Waals surface area contributed by atoms with Gasteiger partial charge in [0.2, 0.25) is 0 Å². The van der Waals surface area contributed by atoms with Crippen molar-refractivity contribution >= 4 is 31.6 Å². The SMILES string of the molecule is C=CCOC(=O)Nc1ncnc2c1ncn2[C@H]1C[C@H](OP(OC)N(C(C)C)C(C)C)[C@@H](COC(c2ccccc2)(c2ccc(OC)cc2)c2ccc(OC)cc2)O1. The highest BCUT2D eigenvalue weighted by atomic mass is 31.2. The third-order valence-corrected chi connectivity index (χ3v) is 11.7. The van der Waals surface area contributed by atoms with Gasteiger partial charge in [-0.2, -0.15) is 0 Å². The van der Waals surface area contributed by atoms with Gasteiger partial charge < -0.3 is 32.7 Å². The highest BCUT2D eigenvalue weighted by Crippen LogP contribution is 2.50. The number of nitrogens with one attached hydrogen (secondary N) is 1. The number of hydrogen-bond donors (Lipinski definition) is 1. The quantitative estimate of drug-likeness (QED) is 0.0519. The fourth-order valence-electron chi connectivity index (χ4n) is 7.12. The molecule has 1 aliphatic rings. The Bertz CT molecular complexity index is 2010. The minimum Gasteiger partial charge on any atom is -0.497 e. The Morgan fingerprint density at radius 2 is 1.54 bits per heavy atom. The van der Waals surface area contributed by atoms with E-state index in [0.717, 1.165) is 28.2 Å². The summed E-state index contributed by atoms with van der Waals surface area (Å²) in [7, 11) is 3.46. The summed E-state index contributed by atoms with van der Waals surface area (Å²) in [5, 5.41) is 2.65. The Morgan fingerprint density at radius 3 is 2.11 bits per heavy atom. The molecule has 14 nitrogen and oxygen atoms in total. The van der Waals surface area contributed by atoms with Gasteiger partial charge in [-0.25, -0.2) is 24.4 Å². The van der Waals surface area contributed by atoms with Crippen LogP contribution in [0.4, 0.5) is 10.6 Å². The first-order valence-electron chi connectivity index (χ1n) is 18.8. The lowest BCUT2D eigenvalue weighted by molar-refractivity contribution is -0.0910. The molecular formula is C42H51N6O8P. The Labute approximate surface area is 335 Å². The first kappa shape index (κ1) is 41.7. The van der Waals surface area contributed by atoms with Crippen LogP contribution in [0.25, 0.3) is 11.2 Å². The monoisotopic (exact) mass is 798 g/mol. The van der Waals surface area contributed by atoms with Crippen LogP contribution in [0.3, 0.4) is 0 Å². The van der Waals surface area contributed by atoms with Crippen molar-refractivity contribution in [1.82, 2.24) is 24.2 Å². The van der Waals surface area contributed by atoms with Gasteiger partial charge in [-0.3, -0.25) is 9.88 Å². The zero-order valence-electron chi connectivity index (χ0n) is 33.4. The molecule has 0 saturated carbocycles. The van der Waals surface area contributed by atoms with Crippen molar-refractivity contribution in [3.05, 3.63) is 121 Å². The molecule has 57 heavy (non-hydrogen) atoms. The van der Waals surface area contributed by atoms with Crippen molar-refractivity contribution in [3.63, 3.8) is 0 Å². The van der Waals surface area contributed by atoms with Crippen molar-refractivity contribution in [2.75, 3.05) is 39.9 Å². The molecule has 5 aromatic rings. The Balaban J connectivity index is 1.40. The topological polar surface area (TPSA) is 141 Å². The lowest BCUT2D eigenvalue weighted by Gasteiger charge is -2.38. The van der Waals surface area contributed by atoms with E-state index >= 15 is 0 Å². The number of ether oxygens (including phenoxy) is 5. The van der Waals surface area contributed by atoms with Gasteiger partial charge in [0.1, 0.15) is 42.4 Å². The van der Waals surface area contributed by atoms with E-state index in [-0.39, 0.29) is 31.1 Å². The average molecular weight is 799 g/mol. The Morgan fingerprint density at radius 1 is 0.930 bits per heavy atom. The van der Waals surface area contributed by atoms with Crippen molar-refractivity contribution in [3.8, 4) is 11.5 Å². The van der Waals surface area contributed by atoms with Crippen LogP contribution >= 0.6 is 8.53 Å². The van der Waals surface area contributed by atoms with Crippen LogP contribution in [0.15, 0.2) is 104 Å². The number of imidazole rings is 1. The summed E-state index contributed by atoms with van der Waals surface area (Å²) in [6.45, 7) is 12.3. The molecule has 0 aliphatic carbocycles. The highest BCUT2D eigenvalue weighted by Gasteiger charge is 2.45. The van der Waals surface area contributed by atoms with Crippen LogP contribution in [0.1, 0.15) is 57.0 Å². The van der Waals surface area contributed by atoms with Gasteiger partial charge in [-0.05, 0) is 68.7 Å². The second-order valence-electron chi connectivity index (χ2n) is 13.9. The van der Waals surface area contributed by atoms with Crippen LogP contribution in [0.5, 0.6) is 11.5 Å². The third-order valence-electron chi connectivity index (χ3n) is 9.67. The van der Waals surface area contributed by atoms with E-state index in [9.17, 15) is 4.79 Å². The summed E-state index contributed by atoms with van der Waals surface area (Å²) in [5.41, 5.74) is 2.45. The number of nitrogens with zero attached hydrogens (tertiary/aromatic N) is 5. The maximum atomic E-state index is 12.4. The molecule has 1 amide bonds. The maximum Gasteiger partial charge on any atom is 0.413 e. The molecule has 0 bridgehead atoms. The van der Waals surface area contributed by atoms with Gasteiger partial charge in [-0.15, -0.1) is 0 Å². The van der Waals surface area contributed by atoms with Crippen LogP contribution in [0.2, 0.25) is 0 Å². The normalized spacial score (nSPS) is 17.6. The van der Waals surface area contributed by atoms with Crippen LogP contribution in [-0.2, 0) is 28.9 Å². The summed E-state index contributed by atoms with van der Waals surface area (Å²) >= 11 is 0. The molecule has 1 unspecified atom stereocenters. The molecule has 1 saturated heterocycles. The molecular weight excluding hydrogens is 747 g/mol. The molecule has 2 aromatic heterocycles. The van der Waals surface area contributed by atoms with Gasteiger partial charge in [0.15, 0.2) is 17.0 Å². The molecule has 1 fully saturated rings. The van der Waals surface area contributed by atoms with E-state index in [1.165, 1.54) is 12.4 Å². The van der Waals surface area contributed by atoms with E-state index < -0.39 is 38.7 Å². The van der Waals surface area contributed by atoms with E-state index in [2.05, 4.69) is 71.3 Å². The van der Waals surface area contributed by atoms with E-state index in [1.807, 2.05) is 71.3 Å². The highest BCUT2D eigenvalue weighted by molar-refractivity contribution is 7.44. The maximum absolute atomic E-state index is 12.4. The first-order chi connectivity index (χ1) is 27.6. The van der Waals surface area contributed by atoms with E-state index in [0.29, 0.717) is 17.6 Å². The fraction of sp³-hybridized carbons (Fsp3) is 0.381. The Hall–Kier alpha value is -4.95. The van der Waals surface area contributed by atoms with Gasteiger partial charge in [0.05, 0.1) is 33.3 Å². The van der Waals surface area contributed by atoms with Gasteiger partial charge >= 0.3 is 6.09 Å². The number of aromatic nitrogens is 4. The number of hydrogen-bond acceptors (Lipinski definition) is 12. The number of carbonyl (C=O) groups excluding carboxylic acids is 1. The smallest absolute Gasteiger partial charge is 0.413 e. The van der Waals surface area contributed by atoms with Crippen LogP contribution < -0.4 is 14.8 Å². The lowest BCUT2D eigenvalue weighted by atomic mass is 9.80. The summed E-state index contributed by atoms with van der Waals surface area (Å²) in [5.74, 6) is 1.65. The second-order valence-corrected chi connectivity index (χ2v) is 15.4. The molecule has 15 heteroatoms. The van der Waals surface area contributed by atoms with Crippen molar-refractivity contribution in [1.29, 1.82) is 0 Å². The number of carbonyl (C=O) groups is 1. The predicted octanol–water partition coefficient (Wildman–Crippen LogP) is 8.25. The largest absolute Gasteiger partial charge is 0.497 e. The number of amides is 1. The molecule has 3 heterocycles. The predicted molar refractivity (Wildman–Crippen MR) is 218 cm³/mol. The molecule has 1 N–H and O–H groups in total. The number of methoxy groups -OCH3 is 2. The minimum atomic E-state index is -1.50. The number of benzene rings is 3. The zero-order valence-corrected chi connectivity index (χ0v) is 34.3. The summed E-state index contributed by atoms with van der Waals surface area (Å²) in [6.07, 6.45) is 2.57. The van der Waals surface area contributed by atoms with E-state index in [4.69, 9.17) is 32.7 Å². The standard InChI is InChI=1S/C42H51N6O8P/c1-9-23-53-41(49)46-39-38-40(44-26-43-39)47(27-45-38)37-24-35(56-57(52-8)48(28(2)3)29(4)5)36(55-37)25-54-42(30-13-11-10-12-14-30,31-15-19-33(50-6)20-16-31)32-17-21-34(51-7)22-18-32/h9-22,26-29,35-37H,1,23-25H2,2-8H3,(H,43,44,46,49)/t35-,36+,37+,57?/m0/s1. The van der Waals surface area contributed by atoms with Gasteiger partial charge in [0, 0.05) is 25.6 Å². The molecule has 0 spiro atoms. The second kappa shape index (κ2) is 19.0. The first-order valence-corrected chi connectivity index (χ1v) is 19.9. The Kier molecular flexibility index (Phi) is 13.9. The summed E-state index contributed by atoms with van der Waals surface area (Å²) < 4.78 is 47.5. The number of rotatable bonds is 18. The van der Waals surface area contributed by atoms with Gasteiger partial charge in [0.25, 0.3) is 8.53 Å². The van der Waals surface area contributed by atoms with Crippen LogP contribution in [0, 0.1) is 0 Å². The van der Waals surface area contributed by atoms with Gasteiger partial charge in [-0.1, -0.05) is 67.3 Å². The minimum absolute atomic E-state index is 0.0484. The molecule has 4 atom stereocenters. The number of fused-ring (bicyclic) bond motifs is 1. The fourth-order valence-corrected chi connectivity index (χ4v) is 8.71. The average Bonchev–Trinajstić information content (AvgIpc) is 3.85. The molecule has 6 rings (SSSR count). The molecule has 0 radical (unpaired) electrons. The van der Waals surface area contributed by atoms with E-state index in [1.54, 1.807) is 27.7 Å². The third kappa shape index (κ3) is 9.12.